The number of nitrogens with zero attached hydrogens (tertiary/aromatic N) is 1. The highest BCUT2D eigenvalue weighted by atomic mass is 15.1. The summed E-state index contributed by atoms with van der Waals surface area (Å²) < 4.78 is 0. The van der Waals surface area contributed by atoms with Crippen LogP contribution in [0.25, 0.3) is 76.1 Å². The van der Waals surface area contributed by atoms with Gasteiger partial charge in [-0.15, -0.1) is 0 Å². The average Bonchev–Trinajstić information content (AvgIpc) is 3.21. The zero-order chi connectivity index (χ0) is 33.7. The minimum Gasteiger partial charge on any atom is -0.310 e. The fourth-order valence-electron chi connectivity index (χ4n) is 7.86. The summed E-state index contributed by atoms with van der Waals surface area (Å²) in [6.07, 6.45) is 0. The number of hydrogen-bond donors (Lipinski definition) is 0. The highest BCUT2D eigenvalue weighted by Crippen LogP contribution is 2.41. The number of fused-ring (bicyclic) bond motifs is 8. The van der Waals surface area contributed by atoms with Crippen LogP contribution in [-0.2, 0) is 0 Å². The lowest BCUT2D eigenvalue weighted by Gasteiger charge is -2.27. The van der Waals surface area contributed by atoms with Crippen molar-refractivity contribution in [1.29, 1.82) is 0 Å². The zero-order valence-electron chi connectivity index (χ0n) is 28.0. The van der Waals surface area contributed by atoms with Gasteiger partial charge in [-0.25, -0.2) is 0 Å². The molecule has 10 rings (SSSR count). The van der Waals surface area contributed by atoms with Gasteiger partial charge < -0.3 is 4.90 Å². The Kier molecular flexibility index (Phi) is 6.89. The number of rotatable bonds is 5. The van der Waals surface area contributed by atoms with E-state index < -0.39 is 0 Å². The van der Waals surface area contributed by atoms with Crippen LogP contribution in [-0.4, -0.2) is 0 Å². The summed E-state index contributed by atoms with van der Waals surface area (Å²) in [6.45, 7) is 0. The maximum absolute atomic E-state index is 2.40. The predicted octanol–water partition coefficient (Wildman–Crippen LogP) is 14.3. The van der Waals surface area contributed by atoms with Gasteiger partial charge in [0.05, 0.1) is 0 Å². The van der Waals surface area contributed by atoms with Gasteiger partial charge >= 0.3 is 0 Å². The lowest BCUT2D eigenvalue weighted by molar-refractivity contribution is 1.29. The molecule has 0 spiro atoms. The Morgan fingerprint density at radius 3 is 1.39 bits per heavy atom. The van der Waals surface area contributed by atoms with Crippen LogP contribution < -0.4 is 4.90 Å². The third-order valence-corrected chi connectivity index (χ3v) is 10.4. The van der Waals surface area contributed by atoms with E-state index >= 15 is 0 Å². The standard InChI is InChI=1S/C50H33N/c1-2-10-34(11-3-1)38-14-8-16-42(30-38)51(44-26-29-47-41(32-44)23-21-35-12-4-6-18-45(35)47)43-17-9-15-39(31-43)40-22-20-37-25-27-48-46-19-7-5-13-36(46)24-28-49(48)50(37)33-40/h1-33H. The first-order valence-electron chi connectivity index (χ1n) is 17.6. The molecule has 0 N–H and O–H groups in total. The zero-order valence-corrected chi connectivity index (χ0v) is 28.0. The van der Waals surface area contributed by atoms with Crippen molar-refractivity contribution in [2.75, 3.05) is 4.90 Å². The molecule has 1 heteroatoms. The van der Waals surface area contributed by atoms with E-state index in [4.69, 9.17) is 0 Å². The number of hydrogen-bond acceptors (Lipinski definition) is 1. The molecule has 0 aromatic heterocycles. The van der Waals surface area contributed by atoms with Crippen LogP contribution in [0.3, 0.4) is 0 Å². The third kappa shape index (κ3) is 5.10. The van der Waals surface area contributed by atoms with Crippen molar-refractivity contribution in [3.8, 4) is 22.3 Å². The fourth-order valence-corrected chi connectivity index (χ4v) is 7.86. The van der Waals surface area contributed by atoms with E-state index in [1.165, 1.54) is 76.1 Å². The Hall–Kier alpha value is -6.70. The molecule has 0 bridgehead atoms. The van der Waals surface area contributed by atoms with Gasteiger partial charge in [-0.05, 0) is 119 Å². The van der Waals surface area contributed by atoms with Crippen molar-refractivity contribution >= 4 is 70.9 Å². The smallest absolute Gasteiger partial charge is 0.0468 e. The van der Waals surface area contributed by atoms with E-state index in [1.54, 1.807) is 0 Å². The van der Waals surface area contributed by atoms with Gasteiger partial charge in [0, 0.05) is 17.1 Å². The van der Waals surface area contributed by atoms with E-state index in [0.717, 1.165) is 17.1 Å². The quantitative estimate of drug-likeness (QED) is 0.168. The monoisotopic (exact) mass is 647 g/mol. The molecule has 0 amide bonds. The largest absolute Gasteiger partial charge is 0.310 e. The van der Waals surface area contributed by atoms with Crippen molar-refractivity contribution in [3.63, 3.8) is 0 Å². The molecule has 10 aromatic carbocycles. The Labute approximate surface area is 297 Å². The number of benzene rings is 10. The third-order valence-electron chi connectivity index (χ3n) is 10.4. The molecule has 0 saturated heterocycles. The van der Waals surface area contributed by atoms with Gasteiger partial charge in [-0.2, -0.15) is 0 Å². The molecule has 10 aromatic rings. The summed E-state index contributed by atoms with van der Waals surface area (Å²) in [6, 6.07) is 73.1. The molecule has 0 aliphatic rings. The molecule has 0 saturated carbocycles. The Bertz CT molecular complexity index is 2920. The summed E-state index contributed by atoms with van der Waals surface area (Å²) in [4.78, 5) is 2.40. The first-order valence-corrected chi connectivity index (χ1v) is 17.6. The second-order valence-corrected chi connectivity index (χ2v) is 13.4. The van der Waals surface area contributed by atoms with Crippen LogP contribution in [0.15, 0.2) is 200 Å². The first kappa shape index (κ1) is 29.2. The van der Waals surface area contributed by atoms with E-state index in [9.17, 15) is 0 Å². The van der Waals surface area contributed by atoms with Gasteiger partial charge in [0.1, 0.15) is 0 Å². The van der Waals surface area contributed by atoms with Crippen LogP contribution in [0.4, 0.5) is 17.1 Å². The van der Waals surface area contributed by atoms with Gasteiger partial charge in [0.2, 0.25) is 0 Å². The molecule has 1 nitrogen and oxygen atoms in total. The minimum absolute atomic E-state index is 1.11. The lowest BCUT2D eigenvalue weighted by atomic mass is 9.94. The molecule has 0 aliphatic heterocycles. The van der Waals surface area contributed by atoms with Gasteiger partial charge in [-0.3, -0.25) is 0 Å². The van der Waals surface area contributed by atoms with Crippen molar-refractivity contribution in [1.82, 2.24) is 0 Å². The maximum Gasteiger partial charge on any atom is 0.0468 e. The highest BCUT2D eigenvalue weighted by Gasteiger charge is 2.16. The summed E-state index contributed by atoms with van der Waals surface area (Å²) >= 11 is 0. The highest BCUT2D eigenvalue weighted by molar-refractivity contribution is 6.17. The second-order valence-electron chi connectivity index (χ2n) is 13.4. The van der Waals surface area contributed by atoms with Gasteiger partial charge in [-0.1, -0.05) is 158 Å². The SMILES string of the molecule is c1ccc(-c2cccc(N(c3cccc(-c4ccc5ccc6c7ccccc7ccc6c5c4)c3)c3ccc4c(ccc5ccccc54)c3)c2)cc1. The molecule has 0 aliphatic carbocycles. The Balaban J connectivity index is 1.14. The van der Waals surface area contributed by atoms with Crippen LogP contribution >= 0.6 is 0 Å². The van der Waals surface area contributed by atoms with E-state index in [0.29, 0.717) is 0 Å². The molecule has 0 radical (unpaired) electrons. The van der Waals surface area contributed by atoms with Crippen LogP contribution in [0.1, 0.15) is 0 Å². The molecule has 238 valence electrons. The van der Waals surface area contributed by atoms with Gasteiger partial charge in [0.25, 0.3) is 0 Å². The van der Waals surface area contributed by atoms with Crippen LogP contribution in [0.2, 0.25) is 0 Å². The molecule has 0 unspecified atom stereocenters. The molecule has 0 atom stereocenters. The Morgan fingerprint density at radius 2 is 0.667 bits per heavy atom. The van der Waals surface area contributed by atoms with Crippen LogP contribution in [0, 0.1) is 0 Å². The normalized spacial score (nSPS) is 11.5. The van der Waals surface area contributed by atoms with Crippen molar-refractivity contribution < 1.29 is 0 Å². The van der Waals surface area contributed by atoms with Crippen molar-refractivity contribution in [3.05, 3.63) is 200 Å². The summed E-state index contributed by atoms with van der Waals surface area (Å²) in [5.74, 6) is 0. The van der Waals surface area contributed by atoms with Gasteiger partial charge in [0.15, 0.2) is 0 Å². The van der Waals surface area contributed by atoms with E-state index in [2.05, 4.69) is 205 Å². The van der Waals surface area contributed by atoms with Crippen LogP contribution in [0.5, 0.6) is 0 Å². The van der Waals surface area contributed by atoms with E-state index in [1.807, 2.05) is 0 Å². The average molecular weight is 648 g/mol. The number of anilines is 3. The molecular weight excluding hydrogens is 615 g/mol. The summed E-state index contributed by atoms with van der Waals surface area (Å²) in [5.41, 5.74) is 8.13. The minimum atomic E-state index is 1.11. The fraction of sp³-hybridized carbons (Fsp3) is 0. The first-order chi connectivity index (χ1) is 25.3. The lowest BCUT2D eigenvalue weighted by Crippen LogP contribution is -2.10. The van der Waals surface area contributed by atoms with E-state index in [-0.39, 0.29) is 0 Å². The molecule has 0 fully saturated rings. The Morgan fingerprint density at radius 1 is 0.216 bits per heavy atom. The molecule has 0 heterocycles. The second kappa shape index (κ2) is 12.0. The molecule has 51 heavy (non-hydrogen) atoms. The topological polar surface area (TPSA) is 3.24 Å². The predicted molar refractivity (Wildman–Crippen MR) is 220 cm³/mol. The van der Waals surface area contributed by atoms with Crippen molar-refractivity contribution in [2.45, 2.75) is 0 Å². The van der Waals surface area contributed by atoms with Crippen molar-refractivity contribution in [2.24, 2.45) is 0 Å². The molecular formula is C50H33N. The summed E-state index contributed by atoms with van der Waals surface area (Å²) in [5, 5.41) is 12.7. The maximum atomic E-state index is 2.40. The summed E-state index contributed by atoms with van der Waals surface area (Å²) in [7, 11) is 0.